The largest absolute Gasteiger partial charge is 0.444 e. The van der Waals surface area contributed by atoms with Gasteiger partial charge in [-0.25, -0.2) is 4.79 Å². The van der Waals surface area contributed by atoms with Crippen LogP contribution in [0.15, 0.2) is 0 Å². The van der Waals surface area contributed by atoms with Gasteiger partial charge in [-0.15, -0.1) is 0 Å². The normalized spacial score (nSPS) is 11.2. The minimum Gasteiger partial charge on any atom is -0.444 e. The highest BCUT2D eigenvalue weighted by atomic mass is 16.6. The Morgan fingerprint density at radius 1 is 1.50 bits per heavy atom. The molecule has 0 radical (unpaired) electrons. The molecule has 0 aromatic carbocycles. The molecule has 0 aliphatic heterocycles. The molecule has 72 valence electrons. The lowest BCUT2D eigenvalue weighted by Crippen LogP contribution is -2.32. The average Bonchev–Trinajstić information content (AvgIpc) is 1.84. The first-order valence-corrected chi connectivity index (χ1v) is 4.04. The fraction of sp³-hybridized carbons (Fsp3) is 0.875. The van der Waals surface area contributed by atoms with Gasteiger partial charge in [0.25, 0.3) is 0 Å². The van der Waals surface area contributed by atoms with E-state index in [4.69, 9.17) is 15.2 Å². The monoisotopic (exact) mass is 175 g/mol. The van der Waals surface area contributed by atoms with Gasteiger partial charge in [0, 0.05) is 13.0 Å². The maximum atomic E-state index is 10.4. The molecule has 4 heteroatoms. The van der Waals surface area contributed by atoms with Gasteiger partial charge in [0.1, 0.15) is 5.60 Å². The third kappa shape index (κ3) is 5.97. The van der Waals surface area contributed by atoms with Crippen LogP contribution in [-0.2, 0) is 9.47 Å². The summed E-state index contributed by atoms with van der Waals surface area (Å²) in [5, 5.41) is 0. The van der Waals surface area contributed by atoms with Gasteiger partial charge in [-0.1, -0.05) is 0 Å². The Hall–Kier alpha value is -0.770. The van der Waals surface area contributed by atoms with Crippen molar-refractivity contribution in [2.75, 3.05) is 13.2 Å². The van der Waals surface area contributed by atoms with Gasteiger partial charge in [-0.3, -0.25) is 0 Å². The number of hydrogen-bond donors (Lipinski definition) is 1. The molecule has 1 amide bonds. The summed E-state index contributed by atoms with van der Waals surface area (Å²) in [4.78, 5) is 10.4. The number of primary amides is 1. The van der Waals surface area contributed by atoms with Crippen LogP contribution in [-0.4, -0.2) is 24.9 Å². The number of rotatable bonds is 5. The van der Waals surface area contributed by atoms with Crippen molar-refractivity contribution in [3.63, 3.8) is 0 Å². The van der Waals surface area contributed by atoms with Gasteiger partial charge in [0.2, 0.25) is 0 Å². The zero-order valence-electron chi connectivity index (χ0n) is 7.92. The van der Waals surface area contributed by atoms with Crippen molar-refractivity contribution < 1.29 is 14.3 Å². The predicted octanol–water partition coefficient (Wildman–Crippen LogP) is 1.29. The van der Waals surface area contributed by atoms with Crippen LogP contribution in [0.25, 0.3) is 0 Å². The number of nitrogens with two attached hydrogens (primary N) is 1. The van der Waals surface area contributed by atoms with Gasteiger partial charge < -0.3 is 15.2 Å². The summed E-state index contributed by atoms with van der Waals surface area (Å²) in [6.07, 6.45) is -0.0828. The number of hydrogen-bond acceptors (Lipinski definition) is 3. The molecular formula is C8H17NO3. The Balaban J connectivity index is 3.63. The van der Waals surface area contributed by atoms with Gasteiger partial charge in [0.15, 0.2) is 0 Å². The van der Waals surface area contributed by atoms with Crippen LogP contribution in [0, 0.1) is 0 Å². The molecule has 0 bridgehead atoms. The molecule has 0 atom stereocenters. The highest BCUT2D eigenvalue weighted by molar-refractivity contribution is 5.65. The highest BCUT2D eigenvalue weighted by Crippen LogP contribution is 2.13. The molecule has 4 nitrogen and oxygen atoms in total. The van der Waals surface area contributed by atoms with Crippen LogP contribution in [0.1, 0.15) is 27.2 Å². The van der Waals surface area contributed by atoms with Crippen LogP contribution in [0.5, 0.6) is 0 Å². The van der Waals surface area contributed by atoms with Crippen molar-refractivity contribution in [2.45, 2.75) is 32.8 Å². The summed E-state index contributed by atoms with van der Waals surface area (Å²) in [5.41, 5.74) is 4.35. The van der Waals surface area contributed by atoms with Crippen molar-refractivity contribution >= 4 is 6.09 Å². The van der Waals surface area contributed by atoms with Gasteiger partial charge in [-0.2, -0.15) is 0 Å². The van der Waals surface area contributed by atoms with Crippen LogP contribution >= 0.6 is 0 Å². The second kappa shape index (κ2) is 4.98. The maximum absolute atomic E-state index is 10.4. The minimum absolute atomic E-state index is 0.527. The summed E-state index contributed by atoms with van der Waals surface area (Å²) in [5.74, 6) is 0. The Labute approximate surface area is 73.0 Å². The third-order valence-corrected chi connectivity index (χ3v) is 1.43. The van der Waals surface area contributed by atoms with Gasteiger partial charge in [0.05, 0.1) is 6.61 Å². The van der Waals surface area contributed by atoms with E-state index in [-0.39, 0.29) is 0 Å². The fourth-order valence-corrected chi connectivity index (χ4v) is 0.786. The van der Waals surface area contributed by atoms with Crippen LogP contribution in [0.2, 0.25) is 0 Å². The number of carbonyl (C=O) groups excluding carboxylic acids is 1. The van der Waals surface area contributed by atoms with E-state index in [1.165, 1.54) is 0 Å². The van der Waals surface area contributed by atoms with E-state index in [2.05, 4.69) is 0 Å². The Morgan fingerprint density at radius 3 is 2.50 bits per heavy atom. The van der Waals surface area contributed by atoms with Crippen LogP contribution in [0.4, 0.5) is 4.79 Å². The molecule has 0 saturated heterocycles. The van der Waals surface area contributed by atoms with E-state index in [0.29, 0.717) is 19.6 Å². The first-order chi connectivity index (χ1) is 5.48. The van der Waals surface area contributed by atoms with Crippen molar-refractivity contribution in [1.29, 1.82) is 0 Å². The number of carbonyl (C=O) groups is 1. The summed E-state index contributed by atoms with van der Waals surface area (Å²) in [7, 11) is 0. The predicted molar refractivity (Wildman–Crippen MR) is 45.9 cm³/mol. The van der Waals surface area contributed by atoms with E-state index in [0.717, 1.165) is 0 Å². The number of ether oxygens (including phenoxy) is 2. The van der Waals surface area contributed by atoms with Crippen molar-refractivity contribution in [2.24, 2.45) is 5.73 Å². The molecule has 0 unspecified atom stereocenters. The van der Waals surface area contributed by atoms with Crippen molar-refractivity contribution in [1.82, 2.24) is 0 Å². The quantitative estimate of drug-likeness (QED) is 0.640. The molecule has 0 rings (SSSR count). The molecule has 12 heavy (non-hydrogen) atoms. The molecule has 0 fully saturated rings. The number of amides is 1. The van der Waals surface area contributed by atoms with Crippen LogP contribution < -0.4 is 5.73 Å². The standard InChI is InChI=1S/C8H17NO3/c1-4-11-6-5-8(2,3)12-7(9)10/h4-6H2,1-3H3,(H2,9,10). The molecule has 0 aliphatic rings. The summed E-state index contributed by atoms with van der Waals surface area (Å²) in [6.45, 7) is 6.78. The Kier molecular flexibility index (Phi) is 4.66. The lowest BCUT2D eigenvalue weighted by atomic mass is 10.1. The maximum Gasteiger partial charge on any atom is 0.405 e. The fourth-order valence-electron chi connectivity index (χ4n) is 0.786. The molecular weight excluding hydrogens is 158 g/mol. The molecule has 0 heterocycles. The van der Waals surface area contributed by atoms with E-state index in [1.807, 2.05) is 6.92 Å². The summed E-state index contributed by atoms with van der Waals surface area (Å²) < 4.78 is 9.96. The summed E-state index contributed by atoms with van der Waals surface area (Å²) in [6, 6.07) is 0. The van der Waals surface area contributed by atoms with Crippen LogP contribution in [0.3, 0.4) is 0 Å². The van der Waals surface area contributed by atoms with E-state index >= 15 is 0 Å². The molecule has 0 aliphatic carbocycles. The van der Waals surface area contributed by atoms with E-state index in [9.17, 15) is 4.79 Å². The second-order valence-electron chi connectivity index (χ2n) is 3.13. The van der Waals surface area contributed by atoms with Gasteiger partial charge in [-0.05, 0) is 20.8 Å². The Bertz CT molecular complexity index is 145. The molecule has 2 N–H and O–H groups in total. The lowest BCUT2D eigenvalue weighted by molar-refractivity contribution is 0.0138. The average molecular weight is 175 g/mol. The van der Waals surface area contributed by atoms with E-state index < -0.39 is 11.7 Å². The first-order valence-electron chi connectivity index (χ1n) is 4.04. The molecule has 0 spiro atoms. The third-order valence-electron chi connectivity index (χ3n) is 1.43. The zero-order chi connectivity index (χ0) is 9.61. The van der Waals surface area contributed by atoms with Crippen molar-refractivity contribution in [3.05, 3.63) is 0 Å². The SMILES string of the molecule is CCOCCC(C)(C)OC(N)=O. The van der Waals surface area contributed by atoms with E-state index in [1.54, 1.807) is 13.8 Å². The second-order valence-corrected chi connectivity index (χ2v) is 3.13. The first kappa shape index (κ1) is 11.2. The lowest BCUT2D eigenvalue weighted by Gasteiger charge is -2.23. The molecule has 0 aromatic rings. The smallest absolute Gasteiger partial charge is 0.405 e. The van der Waals surface area contributed by atoms with Gasteiger partial charge >= 0.3 is 6.09 Å². The van der Waals surface area contributed by atoms with Crippen molar-refractivity contribution in [3.8, 4) is 0 Å². The molecule has 0 aromatic heterocycles. The minimum atomic E-state index is -0.739. The Morgan fingerprint density at radius 2 is 2.08 bits per heavy atom. The summed E-state index contributed by atoms with van der Waals surface area (Å²) >= 11 is 0. The topological polar surface area (TPSA) is 61.6 Å². The zero-order valence-corrected chi connectivity index (χ0v) is 7.92. The molecule has 0 saturated carbocycles. The highest BCUT2D eigenvalue weighted by Gasteiger charge is 2.20.